The highest BCUT2D eigenvalue weighted by Gasteiger charge is 2.27. The lowest BCUT2D eigenvalue weighted by Crippen LogP contribution is -2.47. The summed E-state index contributed by atoms with van der Waals surface area (Å²) in [6.07, 6.45) is 7.35. The number of amides is 2. The van der Waals surface area contributed by atoms with Crippen LogP contribution in [0.5, 0.6) is 0 Å². The number of benzene rings is 1. The number of rotatable bonds is 5. The van der Waals surface area contributed by atoms with Crippen molar-refractivity contribution in [2.75, 3.05) is 49.2 Å². The molecule has 1 aromatic carbocycles. The summed E-state index contributed by atoms with van der Waals surface area (Å²) >= 11 is 0. The first kappa shape index (κ1) is 21.0. The van der Waals surface area contributed by atoms with Crippen LogP contribution in [0.25, 0.3) is 0 Å². The number of hydrogen-bond acceptors (Lipinski definition) is 4. The van der Waals surface area contributed by atoms with E-state index < -0.39 is 0 Å². The predicted octanol–water partition coefficient (Wildman–Crippen LogP) is 3.63. The summed E-state index contributed by atoms with van der Waals surface area (Å²) in [4.78, 5) is 16.9. The maximum atomic E-state index is 15.1. The highest BCUT2D eigenvalue weighted by molar-refractivity contribution is 5.92. The van der Waals surface area contributed by atoms with E-state index in [1.807, 2.05) is 17.2 Å². The normalized spacial score (nSPS) is 22.4. The number of hydrogen-bond donors (Lipinski definition) is 2. The van der Waals surface area contributed by atoms with Gasteiger partial charge in [0.05, 0.1) is 18.9 Å². The Balaban J connectivity index is 1.55. The summed E-state index contributed by atoms with van der Waals surface area (Å²) < 4.78 is 20.4. The molecule has 0 aromatic heterocycles. The van der Waals surface area contributed by atoms with E-state index in [9.17, 15) is 4.79 Å². The molecule has 4 rings (SSSR count). The monoisotopic (exact) mass is 416 g/mol. The van der Waals surface area contributed by atoms with Gasteiger partial charge in [0.15, 0.2) is 0 Å². The fraction of sp³-hybridized carbons (Fsp3) is 0.609. The van der Waals surface area contributed by atoms with Crippen LogP contribution in [0.3, 0.4) is 0 Å². The Hall–Kier alpha value is -2.28. The Morgan fingerprint density at radius 2 is 2.03 bits per heavy atom. The van der Waals surface area contributed by atoms with Gasteiger partial charge in [-0.2, -0.15) is 0 Å². The maximum absolute atomic E-state index is 15.1. The number of urea groups is 1. The van der Waals surface area contributed by atoms with Crippen LogP contribution in [-0.2, 0) is 4.74 Å². The summed E-state index contributed by atoms with van der Waals surface area (Å²) in [6, 6.07) is 5.30. The van der Waals surface area contributed by atoms with Crippen LogP contribution >= 0.6 is 0 Å². The first-order chi connectivity index (χ1) is 14.6. The van der Waals surface area contributed by atoms with Crippen LogP contribution in [0.2, 0.25) is 0 Å². The van der Waals surface area contributed by atoms with Gasteiger partial charge < -0.3 is 20.3 Å². The molecule has 2 heterocycles. The molecule has 1 aliphatic carbocycles. The average Bonchev–Trinajstić information content (AvgIpc) is 3.26. The molecule has 2 fully saturated rings. The van der Waals surface area contributed by atoms with E-state index in [0.29, 0.717) is 44.2 Å². The predicted molar refractivity (Wildman–Crippen MR) is 117 cm³/mol. The van der Waals surface area contributed by atoms with Crippen LogP contribution in [0.15, 0.2) is 30.0 Å². The largest absolute Gasteiger partial charge is 0.391 e. The number of anilines is 2. The number of nitrogens with zero attached hydrogens (tertiary/aromatic N) is 2. The molecule has 164 valence electrons. The second-order valence-corrected chi connectivity index (χ2v) is 8.60. The van der Waals surface area contributed by atoms with Crippen molar-refractivity contribution < 1.29 is 13.9 Å². The molecule has 6 nitrogen and oxygen atoms in total. The molecule has 1 saturated carbocycles. The lowest BCUT2D eigenvalue weighted by molar-refractivity contribution is 0.122. The number of ether oxygens (including phenoxy) is 1. The fourth-order valence-electron chi connectivity index (χ4n) is 4.64. The maximum Gasteiger partial charge on any atom is 0.322 e. The van der Waals surface area contributed by atoms with Gasteiger partial charge in [-0.05, 0) is 50.6 Å². The van der Waals surface area contributed by atoms with E-state index in [4.69, 9.17) is 4.74 Å². The molecule has 0 spiro atoms. The SMILES string of the molecule is CC1=CNCCC1CN(C(=O)NC1CCCC1)c1ccc(N2CCOCC2)c(F)c1. The van der Waals surface area contributed by atoms with E-state index in [0.717, 1.165) is 38.6 Å². The third kappa shape index (κ3) is 4.89. The lowest BCUT2D eigenvalue weighted by Gasteiger charge is -2.32. The van der Waals surface area contributed by atoms with Crippen molar-refractivity contribution >= 4 is 17.4 Å². The second-order valence-electron chi connectivity index (χ2n) is 8.60. The van der Waals surface area contributed by atoms with Crippen molar-refractivity contribution in [1.29, 1.82) is 0 Å². The van der Waals surface area contributed by atoms with Crippen LogP contribution in [0.1, 0.15) is 39.0 Å². The molecule has 2 aliphatic heterocycles. The molecule has 2 N–H and O–H groups in total. The minimum Gasteiger partial charge on any atom is -0.391 e. The highest BCUT2D eigenvalue weighted by atomic mass is 19.1. The summed E-state index contributed by atoms with van der Waals surface area (Å²) in [7, 11) is 0. The number of morpholine rings is 1. The Morgan fingerprint density at radius 1 is 1.27 bits per heavy atom. The Morgan fingerprint density at radius 3 is 2.73 bits per heavy atom. The molecule has 1 aromatic rings. The van der Waals surface area contributed by atoms with Crippen LogP contribution in [-0.4, -0.2) is 51.5 Å². The fourth-order valence-corrected chi connectivity index (χ4v) is 4.64. The highest BCUT2D eigenvalue weighted by Crippen LogP contribution is 2.29. The lowest BCUT2D eigenvalue weighted by atomic mass is 9.94. The van der Waals surface area contributed by atoms with Crippen molar-refractivity contribution in [3.05, 3.63) is 35.8 Å². The van der Waals surface area contributed by atoms with E-state index in [1.165, 1.54) is 11.6 Å². The van der Waals surface area contributed by atoms with Crippen LogP contribution in [0, 0.1) is 11.7 Å². The van der Waals surface area contributed by atoms with E-state index >= 15 is 4.39 Å². The molecule has 2 amide bonds. The molecule has 1 saturated heterocycles. The third-order valence-corrected chi connectivity index (χ3v) is 6.54. The van der Waals surface area contributed by atoms with Crippen molar-refractivity contribution in [2.24, 2.45) is 5.92 Å². The summed E-state index contributed by atoms with van der Waals surface area (Å²) in [5.74, 6) is -0.0202. The smallest absolute Gasteiger partial charge is 0.322 e. The molecule has 0 radical (unpaired) electrons. The van der Waals surface area contributed by atoms with E-state index in [2.05, 4.69) is 17.6 Å². The van der Waals surface area contributed by atoms with Crippen molar-refractivity contribution in [1.82, 2.24) is 10.6 Å². The van der Waals surface area contributed by atoms with Gasteiger partial charge in [0.2, 0.25) is 0 Å². The molecular weight excluding hydrogens is 383 g/mol. The van der Waals surface area contributed by atoms with Gasteiger partial charge in [0, 0.05) is 43.8 Å². The van der Waals surface area contributed by atoms with Gasteiger partial charge in [-0.1, -0.05) is 18.4 Å². The van der Waals surface area contributed by atoms with Gasteiger partial charge in [0.25, 0.3) is 0 Å². The number of nitrogens with one attached hydrogen (secondary N) is 2. The molecule has 1 atom stereocenters. The number of carbonyl (C=O) groups is 1. The Labute approximate surface area is 178 Å². The van der Waals surface area contributed by atoms with Crippen LogP contribution in [0.4, 0.5) is 20.6 Å². The molecule has 3 aliphatic rings. The van der Waals surface area contributed by atoms with Gasteiger partial charge in [0.1, 0.15) is 5.82 Å². The quantitative estimate of drug-likeness (QED) is 0.770. The number of carbonyl (C=O) groups excluding carboxylic acids is 1. The van der Waals surface area contributed by atoms with E-state index in [-0.39, 0.29) is 23.8 Å². The molecular formula is C23H33FN4O2. The zero-order valence-corrected chi connectivity index (χ0v) is 17.8. The van der Waals surface area contributed by atoms with E-state index in [1.54, 1.807) is 11.0 Å². The molecule has 1 unspecified atom stereocenters. The number of halogens is 1. The van der Waals surface area contributed by atoms with Gasteiger partial charge in [-0.25, -0.2) is 9.18 Å². The molecule has 0 bridgehead atoms. The minimum atomic E-state index is -0.286. The van der Waals surface area contributed by atoms with Gasteiger partial charge in [-0.15, -0.1) is 0 Å². The van der Waals surface area contributed by atoms with Crippen molar-refractivity contribution in [2.45, 2.75) is 45.1 Å². The van der Waals surface area contributed by atoms with Gasteiger partial charge in [-0.3, -0.25) is 4.90 Å². The first-order valence-corrected chi connectivity index (χ1v) is 11.2. The van der Waals surface area contributed by atoms with Gasteiger partial charge >= 0.3 is 6.03 Å². The summed E-state index contributed by atoms with van der Waals surface area (Å²) in [6.45, 7) is 6.12. The van der Waals surface area contributed by atoms with Crippen molar-refractivity contribution in [3.8, 4) is 0 Å². The third-order valence-electron chi connectivity index (χ3n) is 6.54. The summed E-state index contributed by atoms with van der Waals surface area (Å²) in [5.41, 5.74) is 2.42. The zero-order valence-electron chi connectivity index (χ0n) is 17.8. The minimum absolute atomic E-state index is 0.119. The molecule has 30 heavy (non-hydrogen) atoms. The Bertz CT molecular complexity index is 772. The molecule has 7 heteroatoms. The Kier molecular flexibility index (Phi) is 6.77. The van der Waals surface area contributed by atoms with Crippen LogP contribution < -0.4 is 20.4 Å². The average molecular weight is 417 g/mol. The summed E-state index contributed by atoms with van der Waals surface area (Å²) in [5, 5.41) is 6.44. The first-order valence-electron chi connectivity index (χ1n) is 11.2. The van der Waals surface area contributed by atoms with Crippen molar-refractivity contribution in [3.63, 3.8) is 0 Å². The topological polar surface area (TPSA) is 56.8 Å². The standard InChI is InChI=1S/C23H33FN4O2/c1-17-15-25-9-8-18(17)16-28(23(29)26-19-4-2-3-5-19)20-6-7-22(21(24)14-20)27-10-12-30-13-11-27/h6-7,14-15,18-19,25H,2-5,8-13,16H2,1H3,(H,26,29). The zero-order chi connectivity index (χ0) is 20.9. The second kappa shape index (κ2) is 9.69.